The van der Waals surface area contributed by atoms with Crippen LogP contribution in [0.15, 0.2) is 51.8 Å². The summed E-state index contributed by atoms with van der Waals surface area (Å²) in [5.41, 5.74) is 0.981. The van der Waals surface area contributed by atoms with Crippen LogP contribution in [0, 0.1) is 6.92 Å². The molecule has 0 saturated heterocycles. The van der Waals surface area contributed by atoms with Gasteiger partial charge in [0.05, 0.1) is 9.37 Å². The van der Waals surface area contributed by atoms with E-state index in [9.17, 15) is 8.42 Å². The predicted molar refractivity (Wildman–Crippen MR) is 88.4 cm³/mol. The molecule has 1 heterocycles. The number of fused-ring (bicyclic) bond motifs is 1. The van der Waals surface area contributed by atoms with E-state index in [0.29, 0.717) is 11.5 Å². The van der Waals surface area contributed by atoms with Crippen LogP contribution in [0.25, 0.3) is 0 Å². The third-order valence-corrected chi connectivity index (χ3v) is 5.28. The molecule has 0 aliphatic carbocycles. The van der Waals surface area contributed by atoms with Gasteiger partial charge in [-0.3, -0.25) is 4.18 Å². The lowest BCUT2D eigenvalue weighted by molar-refractivity contribution is 0.0547. The fourth-order valence-corrected chi connectivity index (χ4v) is 3.50. The number of rotatable bonds is 4. The lowest BCUT2D eigenvalue weighted by Gasteiger charge is -2.26. The molecule has 0 fully saturated rings. The van der Waals surface area contributed by atoms with Crippen molar-refractivity contribution in [3.63, 3.8) is 0 Å². The summed E-state index contributed by atoms with van der Waals surface area (Å²) in [5.74, 6) is 1.18. The summed E-state index contributed by atoms with van der Waals surface area (Å²) in [6.07, 6.45) is -0.499. The first-order chi connectivity index (χ1) is 11.0. The van der Waals surface area contributed by atoms with Gasteiger partial charge in [0.1, 0.15) is 13.2 Å². The van der Waals surface area contributed by atoms with Crippen LogP contribution in [0.1, 0.15) is 5.56 Å². The quantitative estimate of drug-likeness (QED) is 0.739. The molecule has 0 saturated carbocycles. The van der Waals surface area contributed by atoms with Crippen LogP contribution in [0.2, 0.25) is 0 Å². The van der Waals surface area contributed by atoms with Gasteiger partial charge in [0, 0.05) is 0 Å². The molecule has 0 amide bonds. The van der Waals surface area contributed by atoms with Gasteiger partial charge in [-0.15, -0.1) is 0 Å². The van der Waals surface area contributed by atoms with Crippen molar-refractivity contribution in [2.45, 2.75) is 17.9 Å². The topological polar surface area (TPSA) is 61.8 Å². The maximum absolute atomic E-state index is 12.2. The molecule has 0 aromatic heterocycles. The number of hydrogen-bond acceptors (Lipinski definition) is 5. The number of aryl methyl sites for hydroxylation is 1. The van der Waals surface area contributed by atoms with Gasteiger partial charge < -0.3 is 9.47 Å². The van der Waals surface area contributed by atoms with E-state index >= 15 is 0 Å². The summed E-state index contributed by atoms with van der Waals surface area (Å²) in [6, 6.07) is 12.0. The fourth-order valence-electron chi connectivity index (χ4n) is 2.12. The van der Waals surface area contributed by atoms with Crippen molar-refractivity contribution in [1.82, 2.24) is 0 Å². The van der Waals surface area contributed by atoms with Gasteiger partial charge in [-0.25, -0.2) is 0 Å². The van der Waals surface area contributed by atoms with Gasteiger partial charge in [-0.1, -0.05) is 23.8 Å². The molecule has 0 bridgehead atoms. The van der Waals surface area contributed by atoms with E-state index in [0.717, 1.165) is 10.0 Å². The van der Waals surface area contributed by atoms with Crippen molar-refractivity contribution >= 4 is 26.0 Å². The number of benzene rings is 2. The summed E-state index contributed by atoms with van der Waals surface area (Å²) >= 11 is 3.38. The van der Waals surface area contributed by atoms with Crippen molar-refractivity contribution in [2.24, 2.45) is 0 Å². The molecular weight excluding hydrogens is 384 g/mol. The Morgan fingerprint density at radius 1 is 1.22 bits per heavy atom. The van der Waals surface area contributed by atoms with Gasteiger partial charge >= 0.3 is 0 Å². The highest BCUT2D eigenvalue weighted by molar-refractivity contribution is 9.10. The van der Waals surface area contributed by atoms with Gasteiger partial charge in [0.2, 0.25) is 0 Å². The Morgan fingerprint density at radius 3 is 2.70 bits per heavy atom. The van der Waals surface area contributed by atoms with Crippen LogP contribution in [0.5, 0.6) is 11.5 Å². The minimum absolute atomic E-state index is 0.114. The molecule has 0 N–H and O–H groups in total. The Balaban J connectivity index is 1.67. The SMILES string of the molecule is Cc1ccc(S(=O)(=O)OC[C@H]2COc3cccc(Br)c3O2)cc1. The van der Waals surface area contributed by atoms with Crippen LogP contribution < -0.4 is 9.47 Å². The Morgan fingerprint density at radius 2 is 1.96 bits per heavy atom. The van der Waals surface area contributed by atoms with E-state index in [1.807, 2.05) is 19.1 Å². The van der Waals surface area contributed by atoms with Crippen LogP contribution in [0.3, 0.4) is 0 Å². The van der Waals surface area contributed by atoms with E-state index in [1.165, 1.54) is 12.1 Å². The molecule has 5 nitrogen and oxygen atoms in total. The molecular formula is C16H15BrO5S. The van der Waals surface area contributed by atoms with Crippen LogP contribution in [-0.4, -0.2) is 27.7 Å². The number of para-hydroxylation sites is 1. The Kier molecular flexibility index (Phi) is 4.61. The molecule has 23 heavy (non-hydrogen) atoms. The van der Waals surface area contributed by atoms with Gasteiger partial charge in [0.15, 0.2) is 17.6 Å². The summed E-state index contributed by atoms with van der Waals surface area (Å²) in [6.45, 7) is 2.00. The summed E-state index contributed by atoms with van der Waals surface area (Å²) in [4.78, 5) is 0.126. The van der Waals surface area contributed by atoms with E-state index in [4.69, 9.17) is 13.7 Å². The average Bonchev–Trinajstić information content (AvgIpc) is 2.54. The first-order valence-electron chi connectivity index (χ1n) is 7.00. The van der Waals surface area contributed by atoms with Crippen molar-refractivity contribution < 1.29 is 22.1 Å². The molecule has 1 aliphatic rings. The van der Waals surface area contributed by atoms with Crippen molar-refractivity contribution in [3.05, 3.63) is 52.5 Å². The minimum Gasteiger partial charge on any atom is -0.486 e. The van der Waals surface area contributed by atoms with Crippen molar-refractivity contribution in [3.8, 4) is 11.5 Å². The zero-order valence-electron chi connectivity index (χ0n) is 12.4. The number of hydrogen-bond donors (Lipinski definition) is 0. The minimum atomic E-state index is -3.81. The molecule has 7 heteroatoms. The second-order valence-corrected chi connectivity index (χ2v) is 7.64. The highest BCUT2D eigenvalue weighted by Crippen LogP contribution is 2.38. The second-order valence-electron chi connectivity index (χ2n) is 5.17. The maximum Gasteiger partial charge on any atom is 0.297 e. The third-order valence-electron chi connectivity index (χ3n) is 3.36. The first kappa shape index (κ1) is 16.3. The normalized spacial score (nSPS) is 17.0. The Bertz CT molecular complexity index is 802. The highest BCUT2D eigenvalue weighted by atomic mass is 79.9. The van der Waals surface area contributed by atoms with E-state index in [1.54, 1.807) is 18.2 Å². The van der Waals surface area contributed by atoms with Gasteiger partial charge in [-0.05, 0) is 47.1 Å². The predicted octanol–water partition coefficient (Wildman–Crippen LogP) is 3.30. The largest absolute Gasteiger partial charge is 0.486 e. The number of ether oxygens (including phenoxy) is 2. The molecule has 2 aromatic rings. The van der Waals surface area contributed by atoms with E-state index < -0.39 is 16.2 Å². The van der Waals surface area contributed by atoms with E-state index in [-0.39, 0.29) is 18.1 Å². The Labute approximate surface area is 143 Å². The lowest BCUT2D eigenvalue weighted by Crippen LogP contribution is -2.34. The van der Waals surface area contributed by atoms with Crippen molar-refractivity contribution in [2.75, 3.05) is 13.2 Å². The molecule has 0 spiro atoms. The molecule has 0 unspecified atom stereocenters. The number of halogens is 1. The first-order valence-corrected chi connectivity index (χ1v) is 9.20. The van der Waals surface area contributed by atoms with Crippen molar-refractivity contribution in [1.29, 1.82) is 0 Å². The molecule has 3 rings (SSSR count). The standard InChI is InChI=1S/C16H15BrO5S/c1-11-5-7-13(8-6-11)23(18,19)21-10-12-9-20-15-4-2-3-14(17)16(15)22-12/h2-8,12H,9-10H2,1H3/t12-/m1/s1. The molecule has 1 aliphatic heterocycles. The summed E-state index contributed by atoms with van der Waals surface area (Å²) in [5, 5.41) is 0. The van der Waals surface area contributed by atoms with Crippen LogP contribution in [0.4, 0.5) is 0 Å². The molecule has 2 aromatic carbocycles. The summed E-state index contributed by atoms with van der Waals surface area (Å²) < 4.78 is 41.5. The maximum atomic E-state index is 12.2. The average molecular weight is 399 g/mol. The van der Waals surface area contributed by atoms with E-state index in [2.05, 4.69) is 15.9 Å². The monoisotopic (exact) mass is 398 g/mol. The van der Waals surface area contributed by atoms with Crippen LogP contribution >= 0.6 is 15.9 Å². The second kappa shape index (κ2) is 6.51. The lowest BCUT2D eigenvalue weighted by atomic mass is 10.2. The van der Waals surface area contributed by atoms with Gasteiger partial charge in [0.25, 0.3) is 10.1 Å². The molecule has 0 radical (unpaired) electrons. The molecule has 1 atom stereocenters. The van der Waals surface area contributed by atoms with Gasteiger partial charge in [-0.2, -0.15) is 8.42 Å². The summed E-state index contributed by atoms with van der Waals surface area (Å²) in [7, 11) is -3.81. The fraction of sp³-hybridized carbons (Fsp3) is 0.250. The molecule has 122 valence electrons. The third kappa shape index (κ3) is 3.68. The highest BCUT2D eigenvalue weighted by Gasteiger charge is 2.26. The zero-order valence-corrected chi connectivity index (χ0v) is 14.8. The zero-order chi connectivity index (χ0) is 16.4. The smallest absolute Gasteiger partial charge is 0.297 e. The van der Waals surface area contributed by atoms with Crippen LogP contribution in [-0.2, 0) is 14.3 Å². The Hall–Kier alpha value is -1.57.